The maximum atomic E-state index is 14.0. The molecule has 1 aliphatic rings. The van der Waals surface area contributed by atoms with Crippen molar-refractivity contribution in [2.75, 3.05) is 13.2 Å². The molecule has 2 N–H and O–H groups in total. The molecule has 2 aromatic heterocycles. The number of rotatable bonds is 6. The summed E-state index contributed by atoms with van der Waals surface area (Å²) in [4.78, 5) is 20.5. The summed E-state index contributed by atoms with van der Waals surface area (Å²) in [7, 11) is -3.15. The van der Waals surface area contributed by atoms with E-state index in [2.05, 4.69) is 45.8 Å². The van der Waals surface area contributed by atoms with Crippen LogP contribution < -0.4 is 9.47 Å². The number of ether oxygens (including phenoxy) is 2. The molecule has 0 spiro atoms. The van der Waals surface area contributed by atoms with E-state index >= 15 is 0 Å². The highest BCUT2D eigenvalue weighted by atomic mass is 19.2. The summed E-state index contributed by atoms with van der Waals surface area (Å²) in [5.74, 6) is 13.7. The number of benzene rings is 2. The van der Waals surface area contributed by atoms with Gasteiger partial charge in [0.1, 0.15) is 17.3 Å². The van der Waals surface area contributed by atoms with Crippen molar-refractivity contribution >= 4 is 19.0 Å². The molecular weight excluding hydrogens is 705 g/mol. The molecule has 5 rings (SSSR count). The molecular formula is C47H53BF2N2O4. The zero-order valence-corrected chi connectivity index (χ0v) is 33.2. The van der Waals surface area contributed by atoms with Gasteiger partial charge >= 0.3 is 7.47 Å². The minimum absolute atomic E-state index is 0.239. The molecule has 56 heavy (non-hydrogen) atoms. The Morgan fingerprint density at radius 1 is 0.643 bits per heavy atom. The first kappa shape index (κ1) is 41.8. The third kappa shape index (κ3) is 11.6. The molecule has 0 fully saturated rings. The summed E-state index contributed by atoms with van der Waals surface area (Å²) < 4.78 is 45.2. The van der Waals surface area contributed by atoms with E-state index in [-0.39, 0.29) is 5.76 Å². The van der Waals surface area contributed by atoms with Crippen LogP contribution in [-0.2, 0) is 30.3 Å². The van der Waals surface area contributed by atoms with Crippen LogP contribution in [0.4, 0.5) is 8.63 Å². The number of aromatic nitrogens is 2. The number of halogens is 2. The Morgan fingerprint density at radius 3 is 1.61 bits per heavy atom. The predicted octanol–water partition coefficient (Wildman–Crippen LogP) is 11.0. The first-order valence-electron chi connectivity index (χ1n) is 20.2. The van der Waals surface area contributed by atoms with Crippen LogP contribution >= 0.6 is 0 Å². The molecule has 0 aliphatic carbocycles. The van der Waals surface area contributed by atoms with Gasteiger partial charge in [-0.2, -0.15) is 0 Å². The Hall–Kier alpha value is -5.41. The summed E-state index contributed by atoms with van der Waals surface area (Å²) in [6, 6.07) is 15.4. The predicted molar refractivity (Wildman–Crippen MR) is 222 cm³/mol. The van der Waals surface area contributed by atoms with Crippen molar-refractivity contribution in [1.29, 1.82) is 0 Å². The summed E-state index contributed by atoms with van der Waals surface area (Å²) in [6.07, 6.45) is 16.6. The number of H-pyrrole nitrogens is 2. The van der Waals surface area contributed by atoms with E-state index in [4.69, 9.17) is 14.1 Å². The second-order valence-corrected chi connectivity index (χ2v) is 13.8. The molecule has 6 nitrogen and oxygen atoms in total. The van der Waals surface area contributed by atoms with Crippen LogP contribution in [0.3, 0.4) is 0 Å². The number of allylic oxidation sites excluding steroid dienone is 3. The van der Waals surface area contributed by atoms with Crippen LogP contribution in [0.25, 0.3) is 5.76 Å². The monoisotopic (exact) mass is 758 g/mol. The topological polar surface area (TPSA) is 76.3 Å². The molecule has 292 valence electrons. The summed E-state index contributed by atoms with van der Waals surface area (Å²) in [5, 5.41) is 0. The van der Waals surface area contributed by atoms with Crippen LogP contribution in [0.15, 0.2) is 66.8 Å². The highest BCUT2D eigenvalue weighted by molar-refractivity contribution is 6.36. The Bertz CT molecular complexity index is 2120. The van der Waals surface area contributed by atoms with Gasteiger partial charge in [-0.05, 0) is 148 Å². The number of hydrogen-bond donors (Lipinski definition) is 2. The van der Waals surface area contributed by atoms with Gasteiger partial charge < -0.3 is 24.1 Å². The number of aromatic amines is 2. The fraction of sp³-hybridized carbons (Fsp3) is 0.383. The lowest BCUT2D eigenvalue weighted by molar-refractivity contribution is 0.104. The number of fused-ring (bicyclic) bond motifs is 8. The second-order valence-electron chi connectivity index (χ2n) is 13.8. The third-order valence-corrected chi connectivity index (χ3v) is 9.89. The maximum Gasteiger partial charge on any atom is 0.796 e. The molecule has 3 heterocycles. The molecule has 0 radical (unpaired) electrons. The van der Waals surface area contributed by atoms with E-state index in [0.29, 0.717) is 61.7 Å². The molecule has 9 heteroatoms. The minimum Gasteiger partial charge on any atom is -0.503 e. The fourth-order valence-electron chi connectivity index (χ4n) is 7.10. The van der Waals surface area contributed by atoms with Crippen molar-refractivity contribution in [2.45, 2.75) is 105 Å². The van der Waals surface area contributed by atoms with E-state index in [0.717, 1.165) is 102 Å². The maximum absolute atomic E-state index is 14.0. The van der Waals surface area contributed by atoms with Crippen LogP contribution in [0.5, 0.6) is 11.5 Å². The smallest absolute Gasteiger partial charge is 0.503 e. The lowest BCUT2D eigenvalue weighted by Gasteiger charge is -2.10. The number of carbonyl (C=O) groups is 1. The number of carbonyl (C=O) groups excluding carboxylic acids is 1. The molecule has 0 unspecified atom stereocenters. The van der Waals surface area contributed by atoms with Gasteiger partial charge in [-0.15, -0.1) is 0 Å². The van der Waals surface area contributed by atoms with Crippen molar-refractivity contribution in [3.8, 4) is 35.2 Å². The Balaban J connectivity index is 1.52. The molecule has 0 saturated heterocycles. The van der Waals surface area contributed by atoms with Crippen molar-refractivity contribution in [3.63, 3.8) is 0 Å². The average Bonchev–Trinajstić information content (AvgIpc) is 3.76. The van der Waals surface area contributed by atoms with E-state index in [1.807, 2.05) is 76.2 Å². The van der Waals surface area contributed by atoms with Crippen LogP contribution in [0.1, 0.15) is 140 Å². The molecule has 1 aliphatic heterocycles. The first-order valence-corrected chi connectivity index (χ1v) is 20.2. The van der Waals surface area contributed by atoms with Gasteiger partial charge in [-0.1, -0.05) is 63.8 Å². The van der Waals surface area contributed by atoms with Crippen molar-refractivity contribution in [2.24, 2.45) is 0 Å². The zero-order chi connectivity index (χ0) is 39.7. The Labute approximate surface area is 331 Å². The Kier molecular flexibility index (Phi) is 16.1. The average molecular weight is 759 g/mol. The van der Waals surface area contributed by atoms with E-state index in [9.17, 15) is 13.4 Å². The lowest BCUT2D eigenvalue weighted by atomic mass is 10.00. The first-order chi connectivity index (χ1) is 27.3. The fourth-order valence-corrected chi connectivity index (χ4v) is 7.10. The molecule has 8 bridgehead atoms. The normalized spacial score (nSPS) is 14.5. The summed E-state index contributed by atoms with van der Waals surface area (Å²) in [5.41, 5.74) is 6.77. The van der Waals surface area contributed by atoms with Crippen LogP contribution in [0.2, 0.25) is 0 Å². The van der Waals surface area contributed by atoms with Gasteiger partial charge in [0.05, 0.1) is 36.0 Å². The number of hydrogen-bond acceptors (Lipinski definition) is 4. The van der Waals surface area contributed by atoms with E-state index in [1.165, 1.54) is 0 Å². The van der Waals surface area contributed by atoms with Gasteiger partial charge in [0.2, 0.25) is 5.78 Å². The van der Waals surface area contributed by atoms with Crippen molar-refractivity contribution < 1.29 is 27.6 Å². The van der Waals surface area contributed by atoms with E-state index in [1.54, 1.807) is 0 Å². The molecule has 0 atom stereocenters. The Morgan fingerprint density at radius 2 is 1.12 bits per heavy atom. The lowest BCUT2D eigenvalue weighted by Crippen LogP contribution is -2.09. The van der Waals surface area contributed by atoms with Gasteiger partial charge in [0, 0.05) is 17.2 Å². The van der Waals surface area contributed by atoms with Crippen LogP contribution in [-0.4, -0.2) is 36.4 Å². The van der Waals surface area contributed by atoms with Gasteiger partial charge in [0.15, 0.2) is 0 Å². The molecule has 4 aromatic rings. The van der Waals surface area contributed by atoms with Crippen molar-refractivity contribution in [1.82, 2.24) is 9.97 Å². The standard InChI is InChI=1S/C47H53BF2N2O4/c1-5-38-40(7-3)46-44(53)33-45(56-48(49)50)47-41(8-4)39(6-2)43(52-47)28-26-35-22-20-24-37(32-35)55-30-18-16-14-12-10-9-11-13-15-17-29-54-36-23-19-21-34(31-36)25-27-42(38)51-46/h9-10,19-24,31-33,51-52H,5-8,11-18,29-30H2,1-4H3. The quantitative estimate of drug-likeness (QED) is 0.117. The van der Waals surface area contributed by atoms with Gasteiger partial charge in [-0.3, -0.25) is 4.79 Å². The third-order valence-electron chi connectivity index (χ3n) is 9.89. The highest BCUT2D eigenvalue weighted by Gasteiger charge is 2.27. The summed E-state index contributed by atoms with van der Waals surface area (Å²) >= 11 is 0. The minimum atomic E-state index is -3.15. The van der Waals surface area contributed by atoms with Gasteiger partial charge in [-0.25, -0.2) is 8.63 Å². The number of ketones is 1. The summed E-state index contributed by atoms with van der Waals surface area (Å²) in [6.45, 7) is 9.17. The van der Waals surface area contributed by atoms with Crippen molar-refractivity contribution in [3.05, 3.63) is 123 Å². The molecule has 2 aromatic carbocycles. The van der Waals surface area contributed by atoms with Crippen LogP contribution in [0, 0.1) is 23.7 Å². The SMILES string of the molecule is CCc1c2[nH]c(c1CC)C(=O)C=C(OB(F)F)c1[nH]c(c(CC)c1CC)C#Cc1cccc(c1)OCCCCCC=CCCCCCOc1cccc(c1)C#C2. The zero-order valence-electron chi connectivity index (χ0n) is 33.2. The van der Waals surface area contributed by atoms with E-state index < -0.39 is 13.3 Å². The molecule has 0 amide bonds. The largest absolute Gasteiger partial charge is 0.796 e. The number of nitrogens with one attached hydrogen (secondary N) is 2. The highest BCUT2D eigenvalue weighted by Crippen LogP contribution is 2.30. The second kappa shape index (κ2) is 21.6. The van der Waals surface area contributed by atoms with Gasteiger partial charge in [0.25, 0.3) is 0 Å². The molecule has 0 saturated carbocycles.